The SMILES string of the molecule is CC/C=C\C/C=C\C/C=C\C/C=C\C/C=C\C/C=C\CCCCCCCCCCCCCCC(=O)OCC(O)COP(=O)(O)OCC(O)COP(=O)(O)OCC(COC(=O)CCCCCC/C=C\C/C=C\C/C=C\C/C=C\C/C=C\C/C=C\CC)OC(=O)CCCC/C=C\C/C=C\C/C=C\C/C=C\C/C=C\C/C=C\CC. The number of hydrogen-bond acceptors (Lipinski definition) is 14. The van der Waals surface area contributed by atoms with Gasteiger partial charge in [-0.2, -0.15) is 0 Å². The average molecular weight is 1580 g/mol. The van der Waals surface area contributed by atoms with Gasteiger partial charge < -0.3 is 34.2 Å². The fourth-order valence-electron chi connectivity index (χ4n) is 10.4. The van der Waals surface area contributed by atoms with Crippen LogP contribution < -0.4 is 0 Å². The molecule has 0 saturated heterocycles. The normalized spacial score (nSPS) is 15.0. The second-order valence-electron chi connectivity index (χ2n) is 27.1. The molecule has 0 radical (unpaired) electrons. The largest absolute Gasteiger partial charge is 0.472 e. The molecule has 0 fully saturated rings. The van der Waals surface area contributed by atoms with Crippen molar-refractivity contribution in [2.75, 3.05) is 39.6 Å². The summed E-state index contributed by atoms with van der Waals surface area (Å²) in [5.41, 5.74) is 0. The van der Waals surface area contributed by atoms with Crippen LogP contribution in [-0.2, 0) is 55.8 Å². The van der Waals surface area contributed by atoms with Crippen molar-refractivity contribution in [1.29, 1.82) is 0 Å². The summed E-state index contributed by atoms with van der Waals surface area (Å²) >= 11 is 0. The molecule has 5 unspecified atom stereocenters. The van der Waals surface area contributed by atoms with Crippen LogP contribution in [0.15, 0.2) is 219 Å². The Balaban J connectivity index is 4.69. The molecule has 626 valence electrons. The third kappa shape index (κ3) is 84.6. The lowest BCUT2D eigenvalue weighted by atomic mass is 10.0. The van der Waals surface area contributed by atoms with Crippen LogP contribution in [0.1, 0.15) is 290 Å². The second kappa shape index (κ2) is 83.3. The van der Waals surface area contributed by atoms with E-state index in [-0.39, 0.29) is 19.3 Å². The van der Waals surface area contributed by atoms with E-state index >= 15 is 0 Å². The number of rotatable bonds is 77. The van der Waals surface area contributed by atoms with Gasteiger partial charge in [-0.15, -0.1) is 0 Å². The first kappa shape index (κ1) is 105. The Morgan fingerprint density at radius 3 is 0.730 bits per heavy atom. The molecule has 0 rings (SSSR count). The molecule has 0 aliphatic heterocycles. The monoisotopic (exact) mass is 1580 g/mol. The summed E-state index contributed by atoms with van der Waals surface area (Å²) in [6, 6.07) is 0. The van der Waals surface area contributed by atoms with Crippen molar-refractivity contribution in [2.45, 2.75) is 309 Å². The molecular weight excluding hydrogens is 1430 g/mol. The summed E-state index contributed by atoms with van der Waals surface area (Å²) in [6.45, 7) is 2.23. The van der Waals surface area contributed by atoms with Crippen LogP contribution in [0, 0.1) is 0 Å². The van der Waals surface area contributed by atoms with Crippen LogP contribution in [0.4, 0.5) is 0 Å². The van der Waals surface area contributed by atoms with E-state index < -0.39 is 91.5 Å². The van der Waals surface area contributed by atoms with Crippen LogP contribution in [0.25, 0.3) is 0 Å². The van der Waals surface area contributed by atoms with Crippen LogP contribution in [0.3, 0.4) is 0 Å². The number of phosphoric acid groups is 2. The summed E-state index contributed by atoms with van der Waals surface area (Å²) in [6.07, 6.45) is 113. The van der Waals surface area contributed by atoms with Gasteiger partial charge in [0, 0.05) is 19.3 Å². The van der Waals surface area contributed by atoms with Gasteiger partial charge in [0.15, 0.2) is 6.10 Å². The van der Waals surface area contributed by atoms with Crippen LogP contribution in [0.2, 0.25) is 0 Å². The Kier molecular flexibility index (Phi) is 78.7. The molecule has 5 atom stereocenters. The Morgan fingerprint density at radius 1 is 0.252 bits per heavy atom. The number of phosphoric ester groups is 2. The highest BCUT2D eigenvalue weighted by atomic mass is 31.2. The first-order valence-corrected chi connectivity index (χ1v) is 45.0. The molecule has 0 spiro atoms. The van der Waals surface area contributed by atoms with E-state index in [9.17, 15) is 43.5 Å². The molecule has 0 aromatic carbocycles. The number of aliphatic hydroxyl groups is 2. The van der Waals surface area contributed by atoms with Crippen LogP contribution in [0.5, 0.6) is 0 Å². The molecule has 0 aromatic rings. The standard InChI is InChI=1S/C93H148O16P2/c1-4-7-10-13-16-19-22-25-28-31-34-37-39-40-41-42-43-44-45-46-48-51-52-55-58-61-64-67-70-73-76-79-91(96)103-82-88(94)83-105-110(99,100)106-84-89(95)85-107-111(101,102)108-87-90(109-93(98)81-78-75-72-69-66-63-60-57-54-49-36-33-30-27-24-21-18-15-12-9-6-3)86-104-92(97)80-77-74-71-68-65-62-59-56-53-50-47-38-35-32-29-26-23-20-17-14-11-8-5-2/h7-12,16-21,25-30,34-38,40-41,43-44,49-50,53,57,59-60,62,66,69,88-90,94-95H,4-6,13-15,22-24,31-33,39,42,45-48,51-52,54-56,58,61,63-65,67-68,70-87H2,1-3H3,(H,99,100)(H,101,102)/b10-7-,11-8-,12-9-,19-16-,20-17-,21-18-,28-25-,29-26-,30-27-,37-34-,38-35-,41-40-,44-43-,49-36-,53-50-,60-57-,62-59-,69-66-. The molecule has 0 aromatic heterocycles. The van der Waals surface area contributed by atoms with Crippen molar-refractivity contribution in [1.82, 2.24) is 0 Å². The number of unbranched alkanes of at least 4 members (excludes halogenated alkanes) is 18. The number of allylic oxidation sites excluding steroid dienone is 36. The molecule has 0 saturated carbocycles. The minimum Gasteiger partial charge on any atom is -0.463 e. The van der Waals surface area contributed by atoms with Gasteiger partial charge in [0.2, 0.25) is 0 Å². The van der Waals surface area contributed by atoms with Gasteiger partial charge in [0.25, 0.3) is 0 Å². The topological polar surface area (TPSA) is 231 Å². The van der Waals surface area contributed by atoms with Crippen molar-refractivity contribution in [2.24, 2.45) is 0 Å². The molecular formula is C93H148O16P2. The maximum absolute atomic E-state index is 13.0. The Hall–Kier alpha value is -6.13. The van der Waals surface area contributed by atoms with E-state index in [1.54, 1.807) is 0 Å². The van der Waals surface area contributed by atoms with Gasteiger partial charge >= 0.3 is 33.6 Å². The zero-order chi connectivity index (χ0) is 80.8. The fraction of sp³-hybridized carbons (Fsp3) is 0.581. The number of esters is 3. The number of carbonyl (C=O) groups excluding carboxylic acids is 3. The first-order valence-electron chi connectivity index (χ1n) is 42.0. The van der Waals surface area contributed by atoms with Gasteiger partial charge in [-0.05, 0) is 173 Å². The van der Waals surface area contributed by atoms with E-state index in [4.69, 9.17) is 32.3 Å². The van der Waals surface area contributed by atoms with Gasteiger partial charge in [0.1, 0.15) is 25.4 Å². The van der Waals surface area contributed by atoms with E-state index in [2.05, 4.69) is 240 Å². The number of hydrogen-bond donors (Lipinski definition) is 4. The van der Waals surface area contributed by atoms with Gasteiger partial charge in [-0.25, -0.2) is 9.13 Å². The lowest BCUT2D eigenvalue weighted by molar-refractivity contribution is -0.161. The molecule has 0 aliphatic carbocycles. The summed E-state index contributed by atoms with van der Waals surface area (Å²) < 4.78 is 61.2. The Labute approximate surface area is 672 Å². The third-order valence-corrected chi connectivity index (χ3v) is 18.6. The predicted molar refractivity (Wildman–Crippen MR) is 463 cm³/mol. The van der Waals surface area contributed by atoms with Crippen molar-refractivity contribution in [3.8, 4) is 0 Å². The minimum absolute atomic E-state index is 0.0339. The highest BCUT2D eigenvalue weighted by molar-refractivity contribution is 7.47. The highest BCUT2D eigenvalue weighted by Gasteiger charge is 2.29. The summed E-state index contributed by atoms with van der Waals surface area (Å²) in [7, 11) is -9.84. The van der Waals surface area contributed by atoms with Crippen molar-refractivity contribution in [3.63, 3.8) is 0 Å². The molecule has 0 bridgehead atoms. The first-order chi connectivity index (χ1) is 54.2. The molecule has 111 heavy (non-hydrogen) atoms. The number of ether oxygens (including phenoxy) is 3. The van der Waals surface area contributed by atoms with Gasteiger partial charge in [-0.3, -0.25) is 32.5 Å². The van der Waals surface area contributed by atoms with E-state index in [0.29, 0.717) is 25.7 Å². The van der Waals surface area contributed by atoms with E-state index in [1.807, 2.05) is 0 Å². The molecule has 4 N–H and O–H groups in total. The lowest BCUT2D eigenvalue weighted by Gasteiger charge is -2.21. The van der Waals surface area contributed by atoms with Crippen molar-refractivity contribution in [3.05, 3.63) is 219 Å². The Bertz CT molecular complexity index is 2900. The van der Waals surface area contributed by atoms with Crippen molar-refractivity contribution >= 4 is 33.6 Å². The number of aliphatic hydroxyl groups excluding tert-OH is 2. The molecule has 18 heteroatoms. The lowest BCUT2D eigenvalue weighted by Crippen LogP contribution is -2.30. The Morgan fingerprint density at radius 2 is 0.450 bits per heavy atom. The summed E-state index contributed by atoms with van der Waals surface area (Å²) in [4.78, 5) is 58.8. The van der Waals surface area contributed by atoms with E-state index in [0.717, 1.165) is 173 Å². The van der Waals surface area contributed by atoms with Crippen molar-refractivity contribution < 1.29 is 75.8 Å². The smallest absolute Gasteiger partial charge is 0.463 e. The zero-order valence-electron chi connectivity index (χ0n) is 68.5. The summed E-state index contributed by atoms with van der Waals surface area (Å²) in [5, 5.41) is 20.7. The minimum atomic E-state index is -4.97. The predicted octanol–water partition coefficient (Wildman–Crippen LogP) is 25.4. The average Bonchev–Trinajstić information content (AvgIpc) is 0.900. The maximum atomic E-state index is 13.0. The zero-order valence-corrected chi connectivity index (χ0v) is 70.3. The van der Waals surface area contributed by atoms with Gasteiger partial charge in [0.05, 0.1) is 26.4 Å². The van der Waals surface area contributed by atoms with E-state index in [1.165, 1.54) is 51.4 Å². The molecule has 0 aliphatic rings. The quantitative estimate of drug-likeness (QED) is 0.0146. The highest BCUT2D eigenvalue weighted by Crippen LogP contribution is 2.45. The number of carbonyl (C=O) groups is 3. The van der Waals surface area contributed by atoms with Crippen LogP contribution in [-0.4, -0.2) is 95.9 Å². The fourth-order valence-corrected chi connectivity index (χ4v) is 12.0. The molecule has 16 nitrogen and oxygen atoms in total. The summed E-state index contributed by atoms with van der Waals surface area (Å²) in [5.74, 6) is -1.67. The molecule has 0 amide bonds. The maximum Gasteiger partial charge on any atom is 0.472 e. The van der Waals surface area contributed by atoms with Gasteiger partial charge in [-0.1, -0.05) is 317 Å². The molecule has 0 heterocycles. The second-order valence-corrected chi connectivity index (χ2v) is 30.0. The third-order valence-electron chi connectivity index (χ3n) is 16.7. The van der Waals surface area contributed by atoms with Crippen LogP contribution >= 0.6 is 15.6 Å².